The summed E-state index contributed by atoms with van der Waals surface area (Å²) in [6.07, 6.45) is 8.51. The van der Waals surface area contributed by atoms with Crippen molar-refractivity contribution in [1.82, 2.24) is 0 Å². The Hall–Kier alpha value is -1.16. The Morgan fingerprint density at radius 1 is 1.07 bits per heavy atom. The highest BCUT2D eigenvalue weighted by molar-refractivity contribution is 5.89. The number of carbonyl (C=O) groups is 2. The van der Waals surface area contributed by atoms with Gasteiger partial charge in [-0.15, -0.1) is 0 Å². The number of esters is 1. The summed E-state index contributed by atoms with van der Waals surface area (Å²) in [6.45, 7) is 9.98. The molecule has 28 heavy (non-hydrogen) atoms. The summed E-state index contributed by atoms with van der Waals surface area (Å²) in [6, 6.07) is 0. The van der Waals surface area contributed by atoms with Crippen molar-refractivity contribution in [2.45, 2.75) is 91.3 Å². The summed E-state index contributed by atoms with van der Waals surface area (Å²) in [7, 11) is 0. The van der Waals surface area contributed by atoms with E-state index in [4.69, 9.17) is 4.74 Å². The summed E-state index contributed by atoms with van der Waals surface area (Å²) in [4.78, 5) is 24.7. The van der Waals surface area contributed by atoms with E-state index >= 15 is 0 Å². The normalized spacial score (nSPS) is 50.1. The molecular formula is C24H36O4. The molecule has 0 saturated heterocycles. The van der Waals surface area contributed by atoms with Gasteiger partial charge in [0, 0.05) is 12.3 Å². The number of fused-ring (bicyclic) bond motifs is 5. The fraction of sp³-hybridized carbons (Fsp3) is 0.833. The highest BCUT2D eigenvalue weighted by Crippen LogP contribution is 2.69. The van der Waals surface area contributed by atoms with Crippen LogP contribution in [-0.4, -0.2) is 28.6 Å². The van der Waals surface area contributed by atoms with Gasteiger partial charge < -0.3 is 9.84 Å². The van der Waals surface area contributed by atoms with Crippen LogP contribution in [0.2, 0.25) is 0 Å². The number of hydrogen-bond donors (Lipinski definition) is 1. The van der Waals surface area contributed by atoms with Crippen LogP contribution >= 0.6 is 0 Å². The molecule has 4 aliphatic carbocycles. The molecule has 4 aliphatic rings. The van der Waals surface area contributed by atoms with E-state index in [1.807, 2.05) is 0 Å². The first-order chi connectivity index (χ1) is 13.0. The molecule has 0 spiro atoms. The number of rotatable bonds is 2. The Morgan fingerprint density at radius 3 is 2.39 bits per heavy atom. The Labute approximate surface area is 169 Å². The highest BCUT2D eigenvalue weighted by atomic mass is 16.6. The third-order valence-corrected chi connectivity index (χ3v) is 9.41. The molecule has 0 amide bonds. The van der Waals surface area contributed by atoms with E-state index in [0.717, 1.165) is 38.5 Å². The van der Waals surface area contributed by atoms with Crippen LogP contribution in [-0.2, 0) is 14.3 Å². The van der Waals surface area contributed by atoms with Crippen LogP contribution in [0.3, 0.4) is 0 Å². The van der Waals surface area contributed by atoms with Gasteiger partial charge in [-0.25, -0.2) is 0 Å². The van der Waals surface area contributed by atoms with Gasteiger partial charge in [-0.2, -0.15) is 0 Å². The predicted molar refractivity (Wildman–Crippen MR) is 107 cm³/mol. The molecule has 4 heteroatoms. The lowest BCUT2D eigenvalue weighted by Gasteiger charge is -2.60. The zero-order valence-electron chi connectivity index (χ0n) is 18.1. The van der Waals surface area contributed by atoms with Gasteiger partial charge in [0.15, 0.2) is 11.4 Å². The molecule has 4 nitrogen and oxygen atoms in total. The van der Waals surface area contributed by atoms with E-state index < -0.39 is 5.60 Å². The molecule has 156 valence electrons. The van der Waals surface area contributed by atoms with Gasteiger partial charge in [-0.1, -0.05) is 32.4 Å². The van der Waals surface area contributed by atoms with Crippen molar-refractivity contribution in [2.75, 3.05) is 0 Å². The Morgan fingerprint density at radius 2 is 1.75 bits per heavy atom. The van der Waals surface area contributed by atoms with Crippen molar-refractivity contribution in [1.29, 1.82) is 0 Å². The standard InChI is InChI=1S/C24H36O4/c1-14-12-18-19(22(4)9-6-17(27)13-21(14)22)7-10-23(5)20(18)8-11-24(23,15(2)25)28-16(3)26/h13-14,17-20,27H,6-12H2,1-5H3/t14-,17-,18-,19+,20+,22-,23+,24-/m1/s1. The molecule has 0 radical (unpaired) electrons. The smallest absolute Gasteiger partial charge is 0.303 e. The third-order valence-electron chi connectivity index (χ3n) is 9.41. The lowest BCUT2D eigenvalue weighted by Crippen LogP contribution is -2.59. The zero-order valence-corrected chi connectivity index (χ0v) is 18.1. The van der Waals surface area contributed by atoms with Crippen LogP contribution in [0.5, 0.6) is 0 Å². The number of ketones is 1. The van der Waals surface area contributed by atoms with Crippen LogP contribution in [0.15, 0.2) is 11.6 Å². The van der Waals surface area contributed by atoms with Crippen molar-refractivity contribution in [3.8, 4) is 0 Å². The van der Waals surface area contributed by atoms with Crippen molar-refractivity contribution in [3.05, 3.63) is 11.6 Å². The first-order valence-electron chi connectivity index (χ1n) is 11.2. The molecule has 8 atom stereocenters. The zero-order chi connectivity index (χ0) is 20.5. The Bertz CT molecular complexity index is 726. The molecule has 0 bridgehead atoms. The first-order valence-corrected chi connectivity index (χ1v) is 11.2. The maximum atomic E-state index is 12.8. The maximum Gasteiger partial charge on any atom is 0.303 e. The summed E-state index contributed by atoms with van der Waals surface area (Å²) in [5.41, 5.74) is 0.410. The van der Waals surface area contributed by atoms with Gasteiger partial charge >= 0.3 is 5.97 Å². The van der Waals surface area contributed by atoms with Gasteiger partial charge in [0.05, 0.1) is 6.10 Å². The quantitative estimate of drug-likeness (QED) is 0.561. The minimum absolute atomic E-state index is 0.0163. The molecule has 0 aromatic carbocycles. The summed E-state index contributed by atoms with van der Waals surface area (Å²) < 4.78 is 5.85. The summed E-state index contributed by atoms with van der Waals surface area (Å²) in [5.74, 6) is 1.72. The second-order valence-corrected chi connectivity index (χ2v) is 10.6. The molecule has 3 fully saturated rings. The van der Waals surface area contributed by atoms with Gasteiger partial charge in [-0.3, -0.25) is 9.59 Å². The van der Waals surface area contributed by atoms with E-state index in [-0.39, 0.29) is 28.7 Å². The number of aliphatic hydroxyl groups excluding tert-OH is 1. The number of hydrogen-bond acceptors (Lipinski definition) is 4. The van der Waals surface area contributed by atoms with E-state index in [9.17, 15) is 14.7 Å². The minimum Gasteiger partial charge on any atom is -0.451 e. The van der Waals surface area contributed by atoms with E-state index in [2.05, 4.69) is 26.8 Å². The number of ether oxygens (including phenoxy) is 1. The molecule has 0 aliphatic heterocycles. The van der Waals surface area contributed by atoms with Crippen molar-refractivity contribution >= 4 is 11.8 Å². The van der Waals surface area contributed by atoms with Gasteiger partial charge in [0.25, 0.3) is 0 Å². The lowest BCUT2D eigenvalue weighted by molar-refractivity contribution is -0.187. The predicted octanol–water partition coefficient (Wildman–Crippen LogP) is 4.45. The van der Waals surface area contributed by atoms with Crippen molar-refractivity contribution < 1.29 is 19.4 Å². The molecule has 0 unspecified atom stereocenters. The van der Waals surface area contributed by atoms with Crippen molar-refractivity contribution in [3.63, 3.8) is 0 Å². The molecular weight excluding hydrogens is 352 g/mol. The average Bonchev–Trinajstić information content (AvgIpc) is 2.90. The minimum atomic E-state index is -0.947. The fourth-order valence-corrected chi connectivity index (χ4v) is 8.20. The monoisotopic (exact) mass is 388 g/mol. The first kappa shape index (κ1) is 20.1. The van der Waals surface area contributed by atoms with Gasteiger partial charge in [0.2, 0.25) is 0 Å². The highest BCUT2D eigenvalue weighted by Gasteiger charge is 2.68. The molecule has 0 heterocycles. The average molecular weight is 389 g/mol. The summed E-state index contributed by atoms with van der Waals surface area (Å²) >= 11 is 0. The van der Waals surface area contributed by atoms with Crippen LogP contribution in [0.4, 0.5) is 0 Å². The Balaban J connectivity index is 1.73. The largest absolute Gasteiger partial charge is 0.451 e. The fourth-order valence-electron chi connectivity index (χ4n) is 8.20. The molecule has 4 rings (SSSR count). The van der Waals surface area contributed by atoms with Crippen LogP contribution in [0.25, 0.3) is 0 Å². The second kappa shape index (κ2) is 6.42. The van der Waals surface area contributed by atoms with Crippen molar-refractivity contribution in [2.24, 2.45) is 34.5 Å². The molecule has 0 aromatic heterocycles. The van der Waals surface area contributed by atoms with E-state index in [0.29, 0.717) is 30.1 Å². The lowest BCUT2D eigenvalue weighted by atomic mass is 9.44. The number of Topliss-reactive ketones (excluding diaryl/α,β-unsaturated/α-hetero) is 1. The van der Waals surface area contributed by atoms with E-state index in [1.165, 1.54) is 12.5 Å². The van der Waals surface area contributed by atoms with E-state index in [1.54, 1.807) is 6.92 Å². The second-order valence-electron chi connectivity index (χ2n) is 10.6. The van der Waals surface area contributed by atoms with Crippen LogP contribution in [0, 0.1) is 34.5 Å². The third kappa shape index (κ3) is 2.52. The van der Waals surface area contributed by atoms with Crippen LogP contribution in [0.1, 0.15) is 79.6 Å². The topological polar surface area (TPSA) is 63.6 Å². The maximum absolute atomic E-state index is 12.8. The molecule has 1 N–H and O–H groups in total. The number of carbonyl (C=O) groups excluding carboxylic acids is 2. The molecule has 0 aromatic rings. The number of aliphatic hydroxyl groups is 1. The number of allylic oxidation sites excluding steroid dienone is 1. The van der Waals surface area contributed by atoms with Gasteiger partial charge in [-0.05, 0) is 81.0 Å². The van der Waals surface area contributed by atoms with Gasteiger partial charge in [0.1, 0.15) is 0 Å². The summed E-state index contributed by atoms with van der Waals surface area (Å²) in [5, 5.41) is 10.2. The molecule has 3 saturated carbocycles. The van der Waals surface area contributed by atoms with Crippen LogP contribution < -0.4 is 0 Å². The SMILES string of the molecule is CC(=O)O[C@@]1(C(C)=O)CC[C@H]2[C@@H]3C[C@@H](C)C4=C[C@H](O)CC[C@]4(C)[C@H]3CC[C@@]21C. The Kier molecular flexibility index (Phi) is 4.61.